The van der Waals surface area contributed by atoms with Gasteiger partial charge in [-0.2, -0.15) is 0 Å². The number of esters is 4. The molecule has 0 fully saturated rings. The summed E-state index contributed by atoms with van der Waals surface area (Å²) in [6.07, 6.45) is 39.6. The van der Waals surface area contributed by atoms with Gasteiger partial charge in [-0.3, -0.25) is 0 Å². The number of rotatable bonds is 38. The standard InChI is InChI=1S/2C28H42O7S.Ca/c2*1-3-5-7-9-11-13-15-17-22-34-27(29)24-20-19-21-25(36(31,32)33)26(24)28(30)35-23-18-16-14-12-10-8-6-4-2;/h2*3-6,19-21H,7-18,22-23H2,1-2H3,(H,31,32,33);/q;;+2/p-2/b2*5-3+,6-4+;. The van der Waals surface area contributed by atoms with Crippen LogP contribution in [0.4, 0.5) is 0 Å². The predicted octanol–water partition coefficient (Wildman–Crippen LogP) is 13.1. The van der Waals surface area contributed by atoms with E-state index in [1.165, 1.54) is 24.3 Å². The minimum Gasteiger partial charge on any atom is -0.744 e. The number of hydrogen-bond donors (Lipinski definition) is 0. The molecule has 0 aliphatic carbocycles. The molecule has 0 radical (unpaired) electrons. The van der Waals surface area contributed by atoms with Crippen LogP contribution in [0.1, 0.15) is 223 Å². The summed E-state index contributed by atoms with van der Waals surface area (Å²) in [5.41, 5.74) is -1.64. The van der Waals surface area contributed by atoms with Crippen LogP contribution in [0.2, 0.25) is 0 Å². The van der Waals surface area contributed by atoms with E-state index in [2.05, 4.69) is 24.3 Å². The molecule has 0 aliphatic rings. The van der Waals surface area contributed by atoms with Crippen LogP contribution in [-0.2, 0) is 39.2 Å². The second kappa shape index (κ2) is 43.6. The number of hydrogen-bond acceptors (Lipinski definition) is 14. The fraction of sp³-hybridized carbons (Fsp3) is 0.571. The molecule has 0 spiro atoms. The summed E-state index contributed by atoms with van der Waals surface area (Å²) < 4.78 is 91.6. The Bertz CT molecular complexity index is 2060. The maximum absolute atomic E-state index is 12.7. The number of benzene rings is 2. The quantitative estimate of drug-likeness (QED) is 0.0152. The molecule has 2 aromatic carbocycles. The third-order valence-electron chi connectivity index (χ3n) is 11.4. The van der Waals surface area contributed by atoms with E-state index < -0.39 is 65.0 Å². The Balaban J connectivity index is 0.00000140. The molecule has 0 heterocycles. The normalized spacial score (nSPS) is 11.7. The average Bonchev–Trinajstić information content (AvgIpc) is 3.35. The van der Waals surface area contributed by atoms with Crippen molar-refractivity contribution in [2.24, 2.45) is 0 Å². The number of unbranched alkanes of at least 4 members (excludes halogenated alkanes) is 20. The molecule has 0 saturated carbocycles. The number of allylic oxidation sites excluding steroid dienone is 8. The first-order valence-electron chi connectivity index (χ1n) is 26.0. The summed E-state index contributed by atoms with van der Waals surface area (Å²) in [5.74, 6) is -3.71. The van der Waals surface area contributed by atoms with Gasteiger partial charge in [0, 0.05) is 0 Å². The maximum atomic E-state index is 12.7. The summed E-state index contributed by atoms with van der Waals surface area (Å²) >= 11 is 0. The third kappa shape index (κ3) is 32.4. The molecule has 404 valence electrons. The first kappa shape index (κ1) is 69.4. The average molecular weight is 1080 g/mol. The van der Waals surface area contributed by atoms with Crippen LogP contribution < -0.4 is 0 Å². The summed E-state index contributed by atoms with van der Waals surface area (Å²) in [6, 6.07) is 7.06. The van der Waals surface area contributed by atoms with Gasteiger partial charge in [0.15, 0.2) is 0 Å². The van der Waals surface area contributed by atoms with Crippen LogP contribution in [0, 0.1) is 0 Å². The van der Waals surface area contributed by atoms with Crippen molar-refractivity contribution in [1.29, 1.82) is 0 Å². The van der Waals surface area contributed by atoms with Crippen LogP contribution in [0.25, 0.3) is 0 Å². The smallest absolute Gasteiger partial charge is 0.744 e. The second-order valence-corrected chi connectivity index (χ2v) is 20.0. The zero-order valence-electron chi connectivity index (χ0n) is 44.1. The van der Waals surface area contributed by atoms with Crippen LogP contribution in [0.15, 0.2) is 94.8 Å². The summed E-state index contributed by atoms with van der Waals surface area (Å²) in [5, 5.41) is 0. The number of ether oxygens (including phenoxy) is 4. The van der Waals surface area contributed by atoms with Crippen LogP contribution in [0.5, 0.6) is 0 Å². The van der Waals surface area contributed by atoms with Crippen molar-refractivity contribution in [1.82, 2.24) is 0 Å². The molecule has 0 N–H and O–H groups in total. The van der Waals surface area contributed by atoms with Crippen molar-refractivity contribution < 1.29 is 64.1 Å². The van der Waals surface area contributed by atoms with Gasteiger partial charge in [-0.15, -0.1) is 0 Å². The van der Waals surface area contributed by atoms with Gasteiger partial charge < -0.3 is 28.1 Å². The first-order chi connectivity index (χ1) is 34.6. The molecule has 2 aromatic rings. The van der Waals surface area contributed by atoms with E-state index in [0.29, 0.717) is 25.7 Å². The predicted molar refractivity (Wildman–Crippen MR) is 286 cm³/mol. The Morgan fingerprint density at radius 2 is 0.616 bits per heavy atom. The molecule has 17 heteroatoms. The van der Waals surface area contributed by atoms with Crippen molar-refractivity contribution in [3.05, 3.63) is 107 Å². The zero-order chi connectivity index (χ0) is 53.3. The molecular weight excluding hydrogens is 1000 g/mol. The molecular formula is C56H82CaO14S2. The Labute approximate surface area is 467 Å². The molecule has 2 rings (SSSR count). The molecule has 0 atom stereocenters. The van der Waals surface area contributed by atoms with Gasteiger partial charge in [0.1, 0.15) is 20.2 Å². The van der Waals surface area contributed by atoms with Crippen LogP contribution in [0.3, 0.4) is 0 Å². The monoisotopic (exact) mass is 1080 g/mol. The first-order valence-corrected chi connectivity index (χ1v) is 28.8. The SMILES string of the molecule is C/C=C/CCCCCCCOC(=O)c1cccc(S(=O)(=O)[O-])c1C(=O)OCCCCCCC/C=C/C.C/C=C/CCCCCCCOC(=O)c1cccc(S(=O)(=O)[O-])c1C(=O)OCCCCCCC/C=C/C.[Ca+2]. The van der Waals surface area contributed by atoms with Crippen LogP contribution >= 0.6 is 0 Å². The van der Waals surface area contributed by atoms with Gasteiger partial charge in [-0.1, -0.05) is 138 Å². The molecule has 14 nitrogen and oxygen atoms in total. The Kier molecular flexibility index (Phi) is 41.4. The third-order valence-corrected chi connectivity index (χ3v) is 13.1. The fourth-order valence-electron chi connectivity index (χ4n) is 7.44. The van der Waals surface area contributed by atoms with Gasteiger partial charge in [0.05, 0.1) is 58.5 Å². The number of carbonyl (C=O) groups is 4. The zero-order valence-corrected chi connectivity index (χ0v) is 48.0. The van der Waals surface area contributed by atoms with Gasteiger partial charge in [-0.05, 0) is 129 Å². The van der Waals surface area contributed by atoms with Crippen molar-refractivity contribution >= 4 is 81.9 Å². The van der Waals surface area contributed by atoms with E-state index in [1.807, 2.05) is 52.0 Å². The Hall–Kier alpha value is -3.64. The molecule has 0 saturated heterocycles. The molecule has 0 aliphatic heterocycles. The topological polar surface area (TPSA) is 220 Å². The van der Waals surface area contributed by atoms with E-state index in [0.717, 1.165) is 141 Å². The summed E-state index contributed by atoms with van der Waals surface area (Å²) in [7, 11) is -9.99. The minimum absolute atomic E-state index is 0. The molecule has 0 aromatic heterocycles. The van der Waals surface area contributed by atoms with Gasteiger partial charge in [-0.25, -0.2) is 36.0 Å². The van der Waals surface area contributed by atoms with Crippen LogP contribution in [-0.4, -0.2) is 114 Å². The fourth-order valence-corrected chi connectivity index (χ4v) is 8.82. The largest absolute Gasteiger partial charge is 2.00 e. The van der Waals surface area contributed by atoms with E-state index >= 15 is 0 Å². The van der Waals surface area contributed by atoms with Crippen molar-refractivity contribution in [2.45, 2.75) is 192 Å². The van der Waals surface area contributed by atoms with Gasteiger partial charge in [0.25, 0.3) is 0 Å². The molecule has 0 bridgehead atoms. The molecule has 0 amide bonds. The van der Waals surface area contributed by atoms with Crippen molar-refractivity contribution in [3.8, 4) is 0 Å². The van der Waals surface area contributed by atoms with Gasteiger partial charge >= 0.3 is 61.6 Å². The Morgan fingerprint density at radius 1 is 0.384 bits per heavy atom. The summed E-state index contributed by atoms with van der Waals surface area (Å²) in [4.78, 5) is 49.2. The van der Waals surface area contributed by atoms with E-state index in [9.17, 15) is 45.1 Å². The molecule has 0 unspecified atom stereocenters. The van der Waals surface area contributed by atoms with Crippen molar-refractivity contribution in [3.63, 3.8) is 0 Å². The van der Waals surface area contributed by atoms with Crippen molar-refractivity contribution in [2.75, 3.05) is 26.4 Å². The Morgan fingerprint density at radius 3 is 0.863 bits per heavy atom. The number of carbonyl (C=O) groups excluding carboxylic acids is 4. The minimum atomic E-state index is -5.00. The van der Waals surface area contributed by atoms with E-state index in [4.69, 9.17) is 18.9 Å². The van der Waals surface area contributed by atoms with E-state index in [1.54, 1.807) is 0 Å². The maximum Gasteiger partial charge on any atom is 2.00 e. The summed E-state index contributed by atoms with van der Waals surface area (Å²) in [6.45, 7) is 8.41. The molecule has 73 heavy (non-hydrogen) atoms. The van der Waals surface area contributed by atoms with E-state index in [-0.39, 0.29) is 75.3 Å². The second-order valence-electron chi connectivity index (χ2n) is 17.3. The van der Waals surface area contributed by atoms with Gasteiger partial charge in [0.2, 0.25) is 0 Å².